The topological polar surface area (TPSA) is 33.5 Å². The molecule has 0 bridgehead atoms. The van der Waals surface area contributed by atoms with E-state index in [1.165, 1.54) is 44.1 Å². The summed E-state index contributed by atoms with van der Waals surface area (Å²) in [6.07, 6.45) is 10.7. The van der Waals surface area contributed by atoms with Gasteiger partial charge in [0, 0.05) is 48.4 Å². The van der Waals surface area contributed by atoms with Crippen molar-refractivity contribution in [1.29, 1.82) is 0 Å². The molecule has 0 saturated carbocycles. The van der Waals surface area contributed by atoms with E-state index in [0.29, 0.717) is 0 Å². The molecular formula is C55H48N4O. The molecule has 0 spiro atoms. The summed E-state index contributed by atoms with van der Waals surface area (Å²) in [5.74, 6) is 3.58. The monoisotopic (exact) mass is 780 g/mol. The molecule has 2 aromatic heterocycles. The number of allylic oxidation sites excluding steroid dienone is 2. The van der Waals surface area contributed by atoms with Gasteiger partial charge in [-0.1, -0.05) is 123 Å². The second-order valence-corrected chi connectivity index (χ2v) is 17.1. The largest absolute Gasteiger partial charge is 0.457 e. The van der Waals surface area contributed by atoms with Crippen LogP contribution in [0, 0.1) is 13.8 Å². The predicted octanol–water partition coefficient (Wildman–Crippen LogP) is 13.8. The second kappa shape index (κ2) is 14.6. The van der Waals surface area contributed by atoms with Crippen LogP contribution in [0.2, 0.25) is 0 Å². The summed E-state index contributed by atoms with van der Waals surface area (Å²) >= 11 is 0. The number of fused-ring (bicyclic) bond motifs is 4. The summed E-state index contributed by atoms with van der Waals surface area (Å²) in [5.41, 5.74) is 15.0. The van der Waals surface area contributed by atoms with Gasteiger partial charge in [0.15, 0.2) is 0 Å². The standard InChI is InChI=1S/C55H48N4O/c1-36-28-37(2)54-48(29-36)47-24-23-43(34-49(47)59(54)51-33-42(25-26-56-51)55(3,4)5)60-44-31-40(50-35-57(6)52-22-13-14-27-58(50)52)30-41(32-44)53-45(38-16-9-7-10-17-38)20-15-21-46(53)39-18-11-8-12-19-39/h7-26,28-35H,27H2,1-6H3. The summed E-state index contributed by atoms with van der Waals surface area (Å²) < 4.78 is 9.42. The second-order valence-electron chi connectivity index (χ2n) is 17.1. The van der Waals surface area contributed by atoms with Gasteiger partial charge in [-0.2, -0.15) is 0 Å². The molecule has 2 aliphatic rings. The van der Waals surface area contributed by atoms with E-state index in [2.05, 4.69) is 220 Å². The van der Waals surface area contributed by atoms with Crippen molar-refractivity contribution in [3.63, 3.8) is 0 Å². The van der Waals surface area contributed by atoms with Crippen LogP contribution in [-0.4, -0.2) is 32.9 Å². The average Bonchev–Trinajstić information content (AvgIpc) is 3.78. The van der Waals surface area contributed by atoms with Gasteiger partial charge in [-0.05, 0) is 118 Å². The Bertz CT molecular complexity index is 3000. The van der Waals surface area contributed by atoms with Crippen molar-refractivity contribution in [3.8, 4) is 50.7 Å². The molecule has 6 aromatic carbocycles. The zero-order valence-electron chi connectivity index (χ0n) is 35.1. The maximum Gasteiger partial charge on any atom is 0.137 e. The smallest absolute Gasteiger partial charge is 0.137 e. The first kappa shape index (κ1) is 37.2. The number of nitrogens with zero attached hydrogens (tertiary/aromatic N) is 4. The molecule has 0 unspecified atom stereocenters. The van der Waals surface area contributed by atoms with Crippen molar-refractivity contribution in [3.05, 3.63) is 198 Å². The number of benzene rings is 6. The van der Waals surface area contributed by atoms with E-state index in [4.69, 9.17) is 9.72 Å². The summed E-state index contributed by atoms with van der Waals surface area (Å²) in [6, 6.07) is 50.2. The number of pyridine rings is 1. The minimum absolute atomic E-state index is 0.0246. The summed E-state index contributed by atoms with van der Waals surface area (Å²) in [5, 5.41) is 2.38. The molecule has 0 amide bonds. The van der Waals surface area contributed by atoms with Crippen molar-refractivity contribution in [1.82, 2.24) is 19.4 Å². The normalized spacial score (nSPS) is 13.8. The third-order valence-corrected chi connectivity index (χ3v) is 11.9. The fourth-order valence-electron chi connectivity index (χ4n) is 9.06. The molecule has 294 valence electrons. The Morgan fingerprint density at radius 1 is 0.650 bits per heavy atom. The molecule has 8 aromatic rings. The van der Waals surface area contributed by atoms with Crippen LogP contribution in [0.5, 0.6) is 11.5 Å². The lowest BCUT2D eigenvalue weighted by Crippen LogP contribution is -2.24. The molecule has 0 saturated heterocycles. The van der Waals surface area contributed by atoms with Crippen LogP contribution in [0.3, 0.4) is 0 Å². The fraction of sp³-hybridized carbons (Fsp3) is 0.145. The van der Waals surface area contributed by atoms with Gasteiger partial charge in [-0.15, -0.1) is 0 Å². The van der Waals surface area contributed by atoms with Crippen LogP contribution in [-0.2, 0) is 5.41 Å². The fourth-order valence-corrected chi connectivity index (χ4v) is 9.06. The van der Waals surface area contributed by atoms with E-state index in [0.717, 1.165) is 68.7 Å². The van der Waals surface area contributed by atoms with Crippen LogP contribution in [0.1, 0.15) is 43.0 Å². The van der Waals surface area contributed by atoms with Crippen molar-refractivity contribution in [2.75, 3.05) is 13.6 Å². The van der Waals surface area contributed by atoms with E-state index in [9.17, 15) is 0 Å². The lowest BCUT2D eigenvalue weighted by atomic mass is 9.87. The summed E-state index contributed by atoms with van der Waals surface area (Å²) in [4.78, 5) is 9.56. The SMILES string of the molecule is Cc1cc(C)c2c(c1)c1ccc(Oc3cc(C4=CN(C)C5=CC=CCN45)cc(-c4c(-c5ccccc5)cccc4-c4ccccc4)c3)cc1n2-c1cc(C(C)(C)C)ccn1. The third kappa shape index (κ3) is 6.57. The van der Waals surface area contributed by atoms with Gasteiger partial charge < -0.3 is 14.5 Å². The highest BCUT2D eigenvalue weighted by Gasteiger charge is 2.28. The summed E-state index contributed by atoms with van der Waals surface area (Å²) in [7, 11) is 2.12. The maximum absolute atomic E-state index is 7.10. The van der Waals surface area contributed by atoms with Gasteiger partial charge in [-0.3, -0.25) is 4.57 Å². The van der Waals surface area contributed by atoms with Gasteiger partial charge >= 0.3 is 0 Å². The Kier molecular flexibility index (Phi) is 9.06. The first-order valence-corrected chi connectivity index (χ1v) is 20.8. The molecule has 0 fully saturated rings. The quantitative estimate of drug-likeness (QED) is 0.161. The molecule has 0 radical (unpaired) electrons. The number of aryl methyl sites for hydroxylation is 2. The molecule has 0 aliphatic carbocycles. The Hall–Kier alpha value is -7.11. The molecule has 0 N–H and O–H groups in total. The first-order chi connectivity index (χ1) is 29.1. The molecule has 4 heterocycles. The highest BCUT2D eigenvalue weighted by molar-refractivity contribution is 6.11. The molecular weight excluding hydrogens is 733 g/mol. The Labute approximate surface area is 352 Å². The van der Waals surface area contributed by atoms with Crippen molar-refractivity contribution in [2.24, 2.45) is 0 Å². The van der Waals surface area contributed by atoms with Gasteiger partial charge in [0.2, 0.25) is 0 Å². The molecule has 5 nitrogen and oxygen atoms in total. The molecule has 60 heavy (non-hydrogen) atoms. The van der Waals surface area contributed by atoms with Crippen molar-refractivity contribution in [2.45, 2.75) is 40.0 Å². The average molecular weight is 781 g/mol. The molecule has 2 aliphatic heterocycles. The van der Waals surface area contributed by atoms with Gasteiger partial charge in [0.1, 0.15) is 23.1 Å². The molecule has 5 heteroatoms. The summed E-state index contributed by atoms with van der Waals surface area (Å²) in [6.45, 7) is 11.9. The van der Waals surface area contributed by atoms with Crippen LogP contribution >= 0.6 is 0 Å². The van der Waals surface area contributed by atoms with Gasteiger partial charge in [-0.25, -0.2) is 4.98 Å². The van der Waals surface area contributed by atoms with Gasteiger partial charge in [0.25, 0.3) is 0 Å². The number of aromatic nitrogens is 2. The van der Waals surface area contributed by atoms with E-state index in [1.807, 2.05) is 6.20 Å². The highest BCUT2D eigenvalue weighted by atomic mass is 16.5. The minimum atomic E-state index is -0.0246. The number of ether oxygens (including phenoxy) is 1. The maximum atomic E-state index is 7.10. The minimum Gasteiger partial charge on any atom is -0.457 e. The Morgan fingerprint density at radius 3 is 2.08 bits per heavy atom. The van der Waals surface area contributed by atoms with Crippen LogP contribution < -0.4 is 4.74 Å². The predicted molar refractivity (Wildman–Crippen MR) is 249 cm³/mol. The van der Waals surface area contributed by atoms with E-state index >= 15 is 0 Å². The zero-order chi connectivity index (χ0) is 41.1. The first-order valence-electron chi connectivity index (χ1n) is 20.8. The van der Waals surface area contributed by atoms with E-state index in [1.54, 1.807) is 0 Å². The Balaban J connectivity index is 1.18. The van der Waals surface area contributed by atoms with E-state index in [-0.39, 0.29) is 5.41 Å². The zero-order valence-corrected chi connectivity index (χ0v) is 35.1. The number of rotatable bonds is 7. The lowest BCUT2D eigenvalue weighted by molar-refractivity contribution is 0.426. The number of hydrogen-bond donors (Lipinski definition) is 0. The third-order valence-electron chi connectivity index (χ3n) is 11.9. The van der Waals surface area contributed by atoms with Crippen LogP contribution in [0.15, 0.2) is 176 Å². The van der Waals surface area contributed by atoms with E-state index < -0.39 is 0 Å². The number of hydrogen-bond acceptors (Lipinski definition) is 4. The lowest BCUT2D eigenvalue weighted by Gasteiger charge is -2.27. The molecule has 10 rings (SSSR count). The van der Waals surface area contributed by atoms with Crippen LogP contribution in [0.25, 0.3) is 66.7 Å². The van der Waals surface area contributed by atoms with Gasteiger partial charge in [0.05, 0.1) is 16.7 Å². The Morgan fingerprint density at radius 2 is 1.37 bits per heavy atom. The molecule has 0 atom stereocenters. The van der Waals surface area contributed by atoms with Crippen molar-refractivity contribution < 1.29 is 4.74 Å². The highest BCUT2D eigenvalue weighted by Crippen LogP contribution is 2.45. The van der Waals surface area contributed by atoms with Crippen LogP contribution in [0.4, 0.5) is 0 Å². The van der Waals surface area contributed by atoms with Crippen molar-refractivity contribution >= 4 is 27.5 Å².